The summed E-state index contributed by atoms with van der Waals surface area (Å²) in [4.78, 5) is 52.9. The van der Waals surface area contributed by atoms with Crippen molar-refractivity contribution in [2.45, 2.75) is 31.3 Å². The number of Topliss-reactive ketones (excluding diaryl/α,β-unsaturated/α-hetero) is 2. The number of carbonyl (C=O) groups excluding carboxylic acids is 3. The smallest absolute Gasteiger partial charge is 0.335 e. The highest BCUT2D eigenvalue weighted by Gasteiger charge is 2.63. The van der Waals surface area contributed by atoms with Crippen molar-refractivity contribution in [3.8, 4) is 28.6 Å². The number of halogens is 2. The topological polar surface area (TPSA) is 141 Å². The lowest BCUT2D eigenvalue weighted by atomic mass is 9.67. The maximum Gasteiger partial charge on any atom is 0.335 e. The molecule has 1 aromatic heterocycles. The number of carboxylic acids is 1. The number of carboxylic acid groups (broad SMARTS) is 1. The molecule has 0 radical (unpaired) electrons. The van der Waals surface area contributed by atoms with Crippen molar-refractivity contribution in [2.24, 2.45) is 5.92 Å². The second kappa shape index (κ2) is 9.92. The number of fused-ring (bicyclic) bond motifs is 1. The third-order valence-electron chi connectivity index (χ3n) is 8.01. The van der Waals surface area contributed by atoms with E-state index < -0.39 is 35.0 Å². The van der Waals surface area contributed by atoms with Gasteiger partial charge in [-0.1, -0.05) is 30.1 Å². The zero-order valence-corrected chi connectivity index (χ0v) is 24.0. The maximum atomic E-state index is 14.5. The Kier molecular flexibility index (Phi) is 6.58. The van der Waals surface area contributed by atoms with Crippen LogP contribution >= 0.6 is 23.2 Å². The van der Waals surface area contributed by atoms with Gasteiger partial charge in [-0.3, -0.25) is 14.4 Å². The Hall–Kier alpha value is -4.28. The van der Waals surface area contributed by atoms with Crippen LogP contribution in [-0.2, 0) is 9.59 Å². The second-order valence-electron chi connectivity index (χ2n) is 10.3. The van der Waals surface area contributed by atoms with Crippen LogP contribution in [0, 0.1) is 5.92 Å². The number of ether oxygens (including phenoxy) is 3. The molecule has 3 heterocycles. The molecule has 3 aromatic rings. The molecule has 10 nitrogen and oxygen atoms in total. The highest BCUT2D eigenvalue weighted by molar-refractivity contribution is 6.36. The van der Waals surface area contributed by atoms with Crippen molar-refractivity contribution in [3.05, 3.63) is 74.6 Å². The maximum absolute atomic E-state index is 14.5. The molecule has 1 aliphatic carbocycles. The number of ketones is 2. The SMILES string of the molecule is COc1cc(OC)c2c(c1Cl)O[C@@]1(C(=O)C3=C(C[C@H]1C)NC(=O)CC3c1ccc(-c3cc(C(=O)O)ccc3Cl)o1)C2=O. The third-order valence-corrected chi connectivity index (χ3v) is 8.69. The Morgan fingerprint density at radius 3 is 2.45 bits per heavy atom. The molecule has 2 aromatic carbocycles. The summed E-state index contributed by atoms with van der Waals surface area (Å²) < 4.78 is 23.1. The minimum Gasteiger partial charge on any atom is -0.496 e. The van der Waals surface area contributed by atoms with E-state index >= 15 is 0 Å². The van der Waals surface area contributed by atoms with Crippen LogP contribution in [0.4, 0.5) is 0 Å². The molecule has 0 saturated carbocycles. The number of allylic oxidation sites excluding steroid dienone is 1. The molecule has 12 heteroatoms. The van der Waals surface area contributed by atoms with Crippen LogP contribution in [0.2, 0.25) is 10.0 Å². The standard InChI is InChI=1S/C30H23Cl2NO9/c1-12-8-17-23(27(35)30(12)28(36)24-20(39-2)11-21(40-3)25(32)26(24)42-30)15(10-22(34)33-17)19-7-6-18(41-19)14-9-13(29(37)38)4-5-16(14)31/h4-7,9,11-12,15H,8,10H2,1-3H3,(H,33,34)(H,37,38)/t12-,15?,30+/m1/s1. The first kappa shape index (κ1) is 27.9. The van der Waals surface area contributed by atoms with E-state index in [2.05, 4.69) is 5.32 Å². The number of amides is 1. The van der Waals surface area contributed by atoms with E-state index in [1.807, 2.05) is 0 Å². The molecular formula is C30H23Cl2NO9. The number of rotatable bonds is 5. The van der Waals surface area contributed by atoms with E-state index in [1.165, 1.54) is 38.5 Å². The Morgan fingerprint density at radius 2 is 1.76 bits per heavy atom. The molecule has 1 spiro atoms. The number of carbonyl (C=O) groups is 4. The van der Waals surface area contributed by atoms with Gasteiger partial charge in [0.25, 0.3) is 0 Å². The number of benzene rings is 2. The average Bonchev–Trinajstić information content (AvgIpc) is 3.56. The molecule has 3 atom stereocenters. The van der Waals surface area contributed by atoms with Gasteiger partial charge in [0.1, 0.15) is 33.6 Å². The number of hydrogen-bond donors (Lipinski definition) is 2. The lowest BCUT2D eigenvalue weighted by Gasteiger charge is -2.41. The summed E-state index contributed by atoms with van der Waals surface area (Å²) in [7, 11) is 2.79. The molecule has 0 saturated heterocycles. The lowest BCUT2D eigenvalue weighted by molar-refractivity contribution is -0.131. The quantitative estimate of drug-likeness (QED) is 0.360. The largest absolute Gasteiger partial charge is 0.496 e. The van der Waals surface area contributed by atoms with Crippen LogP contribution in [-0.4, -0.2) is 48.4 Å². The summed E-state index contributed by atoms with van der Waals surface area (Å²) in [6, 6.07) is 8.84. The van der Waals surface area contributed by atoms with Gasteiger partial charge in [0, 0.05) is 35.2 Å². The van der Waals surface area contributed by atoms with Crippen molar-refractivity contribution < 1.29 is 42.9 Å². The van der Waals surface area contributed by atoms with E-state index in [-0.39, 0.29) is 74.3 Å². The fourth-order valence-corrected chi connectivity index (χ4v) is 6.44. The van der Waals surface area contributed by atoms with Gasteiger partial charge >= 0.3 is 5.97 Å². The average molecular weight is 612 g/mol. The highest BCUT2D eigenvalue weighted by Crippen LogP contribution is 2.55. The Labute approximate surface area is 249 Å². The van der Waals surface area contributed by atoms with Crippen LogP contribution in [0.3, 0.4) is 0 Å². The fourth-order valence-electron chi connectivity index (χ4n) is 5.96. The Morgan fingerprint density at radius 1 is 1.02 bits per heavy atom. The van der Waals surface area contributed by atoms with E-state index in [1.54, 1.807) is 19.1 Å². The van der Waals surface area contributed by atoms with Gasteiger partial charge in [-0.05, 0) is 36.8 Å². The number of hydrogen-bond acceptors (Lipinski definition) is 8. The van der Waals surface area contributed by atoms with Gasteiger partial charge < -0.3 is 29.1 Å². The monoisotopic (exact) mass is 611 g/mol. The number of aromatic carboxylic acids is 1. The van der Waals surface area contributed by atoms with E-state index in [4.69, 9.17) is 41.8 Å². The van der Waals surface area contributed by atoms with E-state index in [0.717, 1.165) is 0 Å². The van der Waals surface area contributed by atoms with Crippen molar-refractivity contribution in [1.82, 2.24) is 5.32 Å². The van der Waals surface area contributed by atoms with Gasteiger partial charge in [0.15, 0.2) is 5.75 Å². The molecular weight excluding hydrogens is 589 g/mol. The molecule has 2 aliphatic heterocycles. The first-order chi connectivity index (χ1) is 20.0. The second-order valence-corrected chi connectivity index (χ2v) is 11.1. The van der Waals surface area contributed by atoms with Crippen molar-refractivity contribution >= 4 is 46.6 Å². The predicted molar refractivity (Wildman–Crippen MR) is 150 cm³/mol. The number of furan rings is 1. The van der Waals surface area contributed by atoms with Gasteiger partial charge in [-0.25, -0.2) is 4.79 Å². The summed E-state index contributed by atoms with van der Waals surface area (Å²) in [5.74, 6) is -3.35. The zero-order chi connectivity index (χ0) is 30.1. The fraction of sp³-hybridized carbons (Fsp3) is 0.267. The number of methoxy groups -OCH3 is 2. The van der Waals surface area contributed by atoms with Crippen molar-refractivity contribution in [1.29, 1.82) is 0 Å². The number of nitrogens with one attached hydrogen (secondary N) is 1. The molecule has 1 unspecified atom stereocenters. The van der Waals surface area contributed by atoms with Gasteiger partial charge in [0.05, 0.1) is 30.7 Å². The summed E-state index contributed by atoms with van der Waals surface area (Å²) in [6.07, 6.45) is 0.0179. The van der Waals surface area contributed by atoms with E-state index in [0.29, 0.717) is 11.3 Å². The van der Waals surface area contributed by atoms with Crippen molar-refractivity contribution in [2.75, 3.05) is 14.2 Å². The lowest BCUT2D eigenvalue weighted by Crippen LogP contribution is -2.59. The Bertz CT molecular complexity index is 1760. The highest BCUT2D eigenvalue weighted by atomic mass is 35.5. The molecule has 6 rings (SSSR count). The summed E-state index contributed by atoms with van der Waals surface area (Å²) >= 11 is 12.9. The molecule has 1 amide bonds. The predicted octanol–water partition coefficient (Wildman–Crippen LogP) is 5.45. The molecule has 0 fully saturated rings. The van der Waals surface area contributed by atoms with Crippen LogP contribution in [0.25, 0.3) is 11.3 Å². The van der Waals surface area contributed by atoms with Gasteiger partial charge in [-0.2, -0.15) is 0 Å². The Balaban J connectivity index is 1.44. The zero-order valence-electron chi connectivity index (χ0n) is 22.5. The van der Waals surface area contributed by atoms with Gasteiger partial charge in [-0.15, -0.1) is 0 Å². The molecule has 3 aliphatic rings. The summed E-state index contributed by atoms with van der Waals surface area (Å²) in [6.45, 7) is 1.70. The third kappa shape index (κ3) is 3.93. The van der Waals surface area contributed by atoms with Gasteiger partial charge in [0.2, 0.25) is 23.1 Å². The first-order valence-electron chi connectivity index (χ1n) is 12.9. The minimum atomic E-state index is -1.96. The van der Waals surface area contributed by atoms with Crippen LogP contribution < -0.4 is 19.5 Å². The van der Waals surface area contributed by atoms with Crippen LogP contribution in [0.1, 0.15) is 52.2 Å². The van der Waals surface area contributed by atoms with E-state index in [9.17, 15) is 24.3 Å². The molecule has 42 heavy (non-hydrogen) atoms. The molecule has 2 N–H and O–H groups in total. The van der Waals surface area contributed by atoms with Crippen LogP contribution in [0.5, 0.6) is 17.2 Å². The normalized spacial score (nSPS) is 22.9. The minimum absolute atomic E-state index is 0.00764. The molecule has 0 bridgehead atoms. The summed E-state index contributed by atoms with van der Waals surface area (Å²) in [5.41, 5.74) is -1.02. The first-order valence-corrected chi connectivity index (χ1v) is 13.7. The van der Waals surface area contributed by atoms with Crippen molar-refractivity contribution in [3.63, 3.8) is 0 Å². The molecule has 216 valence electrons. The van der Waals surface area contributed by atoms with Crippen LogP contribution in [0.15, 0.2) is 52.1 Å². The summed E-state index contributed by atoms with van der Waals surface area (Å²) in [5, 5.41) is 12.5.